The third-order valence-electron chi connectivity index (χ3n) is 3.55. The number of methoxy groups -OCH3 is 1. The smallest absolute Gasteiger partial charge is 0.341 e. The molecule has 2 aromatic rings. The lowest BCUT2D eigenvalue weighted by molar-refractivity contribution is -0.139. The number of rotatable bonds is 8. The molecule has 2 aromatic carbocycles. The van der Waals surface area contributed by atoms with Gasteiger partial charge < -0.3 is 14.6 Å². The van der Waals surface area contributed by atoms with Gasteiger partial charge in [-0.1, -0.05) is 24.3 Å². The van der Waals surface area contributed by atoms with Gasteiger partial charge in [-0.25, -0.2) is 4.79 Å². The van der Waals surface area contributed by atoms with Crippen LogP contribution < -0.4 is 9.47 Å². The van der Waals surface area contributed by atoms with Crippen molar-refractivity contribution in [1.29, 1.82) is 0 Å². The molecule has 0 radical (unpaired) electrons. The minimum Gasteiger partial charge on any atom is -0.493 e. The van der Waals surface area contributed by atoms with Crippen LogP contribution in [0.3, 0.4) is 0 Å². The fourth-order valence-corrected chi connectivity index (χ4v) is 2.37. The van der Waals surface area contributed by atoms with Crippen molar-refractivity contribution in [1.82, 2.24) is 0 Å². The summed E-state index contributed by atoms with van der Waals surface area (Å²) in [4.78, 5) is 15.3. The molecule has 0 aromatic heterocycles. The molecule has 0 heterocycles. The Morgan fingerprint density at radius 1 is 1.32 bits per heavy atom. The average molecular weight is 339 g/mol. The summed E-state index contributed by atoms with van der Waals surface area (Å²) in [5.41, 5.74) is 3.60. The zero-order valence-electron chi connectivity index (χ0n) is 14.4. The molecule has 0 bridgehead atoms. The van der Waals surface area contributed by atoms with Gasteiger partial charge in [0.05, 0.1) is 12.8 Å². The fraction of sp³-hybridized carbons (Fsp3) is 0.200. The average Bonchev–Trinajstić information content (AvgIpc) is 2.59. The van der Waals surface area contributed by atoms with E-state index in [1.54, 1.807) is 18.4 Å². The maximum Gasteiger partial charge on any atom is 0.341 e. The molecule has 5 nitrogen and oxygen atoms in total. The topological polar surface area (TPSA) is 68.1 Å². The van der Waals surface area contributed by atoms with E-state index in [1.807, 2.05) is 37.3 Å². The Morgan fingerprint density at radius 3 is 2.72 bits per heavy atom. The van der Waals surface area contributed by atoms with Gasteiger partial charge in [-0.05, 0) is 42.7 Å². The highest BCUT2D eigenvalue weighted by atomic mass is 16.5. The van der Waals surface area contributed by atoms with Crippen molar-refractivity contribution in [2.75, 3.05) is 13.7 Å². The number of carboxylic acid groups (broad SMARTS) is 1. The maximum atomic E-state index is 10.8. The Bertz CT molecular complexity index is 796. The molecule has 0 unspecified atom stereocenters. The van der Waals surface area contributed by atoms with E-state index < -0.39 is 12.6 Å². The molecule has 0 saturated heterocycles. The number of hydrogen-bond acceptors (Lipinski definition) is 4. The van der Waals surface area contributed by atoms with E-state index >= 15 is 0 Å². The van der Waals surface area contributed by atoms with Gasteiger partial charge in [0.25, 0.3) is 0 Å². The van der Waals surface area contributed by atoms with E-state index in [2.05, 4.69) is 11.6 Å². The highest BCUT2D eigenvalue weighted by Crippen LogP contribution is 2.33. The Morgan fingerprint density at radius 2 is 2.08 bits per heavy atom. The van der Waals surface area contributed by atoms with Crippen LogP contribution in [0.25, 0.3) is 0 Å². The summed E-state index contributed by atoms with van der Waals surface area (Å²) >= 11 is 0. The maximum absolute atomic E-state index is 10.8. The number of carbonyl (C=O) groups is 1. The zero-order valence-corrected chi connectivity index (χ0v) is 14.4. The first-order valence-electron chi connectivity index (χ1n) is 7.81. The van der Waals surface area contributed by atoms with E-state index in [0.29, 0.717) is 17.9 Å². The Hall–Kier alpha value is -3.08. The van der Waals surface area contributed by atoms with Crippen LogP contribution in [0, 0.1) is 6.92 Å². The van der Waals surface area contributed by atoms with Gasteiger partial charge >= 0.3 is 5.97 Å². The number of ether oxygens (including phenoxy) is 2. The number of aryl methyl sites for hydroxylation is 1. The number of benzene rings is 2. The summed E-state index contributed by atoms with van der Waals surface area (Å²) in [5, 5.41) is 8.84. The fourth-order valence-electron chi connectivity index (χ4n) is 2.37. The van der Waals surface area contributed by atoms with E-state index in [4.69, 9.17) is 14.6 Å². The Labute approximate surface area is 147 Å². The number of para-hydroxylation sites is 1. The van der Waals surface area contributed by atoms with Gasteiger partial charge in [-0.2, -0.15) is 0 Å². The monoisotopic (exact) mass is 339 g/mol. The molecule has 130 valence electrons. The molecular weight excluding hydrogens is 318 g/mol. The first-order valence-corrected chi connectivity index (χ1v) is 7.81. The second kappa shape index (κ2) is 8.68. The Balaban J connectivity index is 2.39. The second-order valence-electron chi connectivity index (χ2n) is 5.43. The minimum absolute atomic E-state index is 0.415. The summed E-state index contributed by atoms with van der Waals surface area (Å²) in [7, 11) is 1.52. The van der Waals surface area contributed by atoms with Crippen LogP contribution in [0.2, 0.25) is 0 Å². The number of aliphatic imine (C=N–C) groups is 1. The summed E-state index contributed by atoms with van der Waals surface area (Å²) in [5.74, 6) is -0.165. The second-order valence-corrected chi connectivity index (χ2v) is 5.43. The van der Waals surface area contributed by atoms with Crippen LogP contribution in [0.15, 0.2) is 54.0 Å². The number of allylic oxidation sites excluding steroid dienone is 1. The largest absolute Gasteiger partial charge is 0.493 e. The molecular formula is C20H21NO4. The third kappa shape index (κ3) is 4.94. The highest BCUT2D eigenvalue weighted by molar-refractivity contribution is 5.84. The first-order chi connectivity index (χ1) is 12.0. The van der Waals surface area contributed by atoms with Crippen LogP contribution in [0.5, 0.6) is 11.5 Å². The van der Waals surface area contributed by atoms with Crippen molar-refractivity contribution in [2.24, 2.45) is 4.99 Å². The number of hydrogen-bond donors (Lipinski definition) is 1. The highest BCUT2D eigenvalue weighted by Gasteiger charge is 2.13. The lowest BCUT2D eigenvalue weighted by Crippen LogP contribution is -2.11. The summed E-state index contributed by atoms with van der Waals surface area (Å²) in [6, 6.07) is 11.5. The lowest BCUT2D eigenvalue weighted by atomic mass is 10.1. The van der Waals surface area contributed by atoms with Crippen molar-refractivity contribution in [3.63, 3.8) is 0 Å². The van der Waals surface area contributed by atoms with Gasteiger partial charge in [0.2, 0.25) is 0 Å². The van der Waals surface area contributed by atoms with Crippen molar-refractivity contribution in [3.8, 4) is 11.5 Å². The summed E-state index contributed by atoms with van der Waals surface area (Å²) in [6.45, 7) is 5.30. The number of carboxylic acids is 1. The molecule has 0 atom stereocenters. The zero-order chi connectivity index (χ0) is 18.2. The molecule has 0 saturated carbocycles. The van der Waals surface area contributed by atoms with Gasteiger partial charge in [0, 0.05) is 11.8 Å². The first kappa shape index (κ1) is 18.3. The molecule has 0 aliphatic carbocycles. The van der Waals surface area contributed by atoms with Crippen LogP contribution >= 0.6 is 0 Å². The molecule has 0 fully saturated rings. The van der Waals surface area contributed by atoms with E-state index in [0.717, 1.165) is 22.4 Å². The van der Waals surface area contributed by atoms with Crippen LogP contribution in [-0.2, 0) is 11.2 Å². The number of aliphatic carboxylic acids is 1. The van der Waals surface area contributed by atoms with Gasteiger partial charge in [-0.3, -0.25) is 4.99 Å². The lowest BCUT2D eigenvalue weighted by Gasteiger charge is -2.14. The van der Waals surface area contributed by atoms with Crippen molar-refractivity contribution in [3.05, 3.63) is 65.7 Å². The van der Waals surface area contributed by atoms with Crippen molar-refractivity contribution < 1.29 is 19.4 Å². The molecule has 1 N–H and O–H groups in total. The predicted octanol–water partition coefficient (Wildman–Crippen LogP) is 3.95. The molecule has 2 rings (SSSR count). The standard InChI is InChI=1S/C20H21NO4/c1-4-7-16-10-15(12-21-17-9-6-5-8-14(17)2)11-18(24-3)20(16)25-13-19(22)23/h4-6,8-12H,1,7,13H2,2-3H3,(H,22,23). The van der Waals surface area contributed by atoms with Gasteiger partial charge in [-0.15, -0.1) is 6.58 Å². The predicted molar refractivity (Wildman–Crippen MR) is 98.5 cm³/mol. The summed E-state index contributed by atoms with van der Waals surface area (Å²) in [6.07, 6.45) is 4.00. The molecule has 25 heavy (non-hydrogen) atoms. The van der Waals surface area contributed by atoms with Crippen molar-refractivity contribution in [2.45, 2.75) is 13.3 Å². The van der Waals surface area contributed by atoms with E-state index in [9.17, 15) is 4.79 Å². The van der Waals surface area contributed by atoms with Crippen LogP contribution in [0.1, 0.15) is 16.7 Å². The minimum atomic E-state index is -1.04. The molecule has 5 heteroatoms. The van der Waals surface area contributed by atoms with Crippen LogP contribution in [0.4, 0.5) is 5.69 Å². The molecule has 0 spiro atoms. The molecule has 0 aliphatic heterocycles. The number of nitrogens with zero attached hydrogens (tertiary/aromatic N) is 1. The van der Waals surface area contributed by atoms with Gasteiger partial charge in [0.1, 0.15) is 0 Å². The normalized spacial score (nSPS) is 10.6. The summed E-state index contributed by atoms with van der Waals surface area (Å²) < 4.78 is 10.8. The van der Waals surface area contributed by atoms with Crippen molar-refractivity contribution >= 4 is 17.9 Å². The van der Waals surface area contributed by atoms with E-state index in [1.165, 1.54) is 7.11 Å². The SMILES string of the molecule is C=CCc1cc(C=Nc2ccccc2C)cc(OC)c1OCC(=O)O. The van der Waals surface area contributed by atoms with Crippen LogP contribution in [-0.4, -0.2) is 31.0 Å². The third-order valence-corrected chi connectivity index (χ3v) is 3.55. The van der Waals surface area contributed by atoms with E-state index in [-0.39, 0.29) is 0 Å². The molecule has 0 amide bonds. The molecule has 0 aliphatic rings. The quantitative estimate of drug-likeness (QED) is 0.584. The van der Waals surface area contributed by atoms with Gasteiger partial charge in [0.15, 0.2) is 18.1 Å². The Kier molecular flexibility index (Phi) is 6.34.